The Hall–Kier alpha value is -3.85. The van der Waals surface area contributed by atoms with Gasteiger partial charge in [0.05, 0.1) is 28.6 Å². The van der Waals surface area contributed by atoms with Crippen molar-refractivity contribution < 1.29 is 14.0 Å². The molecule has 9 nitrogen and oxygen atoms in total. The first-order valence-corrected chi connectivity index (χ1v) is 10.8. The molecule has 0 unspecified atom stereocenters. The van der Waals surface area contributed by atoms with Crippen molar-refractivity contribution in [1.82, 2.24) is 19.6 Å². The predicted molar refractivity (Wildman–Crippen MR) is 125 cm³/mol. The number of amides is 2. The lowest BCUT2D eigenvalue weighted by Gasteiger charge is -2.06. The molecule has 0 saturated heterocycles. The lowest BCUT2D eigenvalue weighted by Crippen LogP contribution is -2.17. The number of halogens is 1. The number of aryl methyl sites for hydroxylation is 2. The van der Waals surface area contributed by atoms with E-state index in [4.69, 9.17) is 16.0 Å². The Morgan fingerprint density at radius 3 is 2.45 bits per heavy atom. The number of para-hydroxylation sites is 1. The summed E-state index contributed by atoms with van der Waals surface area (Å²) >= 11 is 6.20. The summed E-state index contributed by atoms with van der Waals surface area (Å²) < 4.78 is 9.01. The van der Waals surface area contributed by atoms with Gasteiger partial charge in [0.15, 0.2) is 11.5 Å². The summed E-state index contributed by atoms with van der Waals surface area (Å²) in [6, 6.07) is 12.3. The van der Waals surface area contributed by atoms with Crippen LogP contribution in [-0.2, 0) is 13.1 Å². The maximum Gasteiger partial charge on any atom is 0.291 e. The third-order valence-corrected chi connectivity index (χ3v) is 5.61. The van der Waals surface area contributed by atoms with Gasteiger partial charge in [-0.05, 0) is 45.0 Å². The van der Waals surface area contributed by atoms with Crippen molar-refractivity contribution in [2.24, 2.45) is 0 Å². The van der Waals surface area contributed by atoms with Gasteiger partial charge in [0, 0.05) is 18.4 Å². The molecule has 4 rings (SSSR count). The van der Waals surface area contributed by atoms with Gasteiger partial charge in [-0.1, -0.05) is 29.8 Å². The molecule has 3 aromatic heterocycles. The molecular weight excluding hydrogens is 444 g/mol. The van der Waals surface area contributed by atoms with Crippen molar-refractivity contribution in [2.45, 2.75) is 33.9 Å². The van der Waals surface area contributed by atoms with E-state index in [1.165, 1.54) is 0 Å². The molecule has 4 aromatic rings. The molecule has 2 amide bonds. The van der Waals surface area contributed by atoms with Gasteiger partial charge >= 0.3 is 0 Å². The van der Waals surface area contributed by atoms with Crippen LogP contribution in [0.25, 0.3) is 0 Å². The van der Waals surface area contributed by atoms with Crippen LogP contribution in [0.15, 0.2) is 53.1 Å². The van der Waals surface area contributed by atoms with E-state index in [0.717, 1.165) is 11.4 Å². The highest BCUT2D eigenvalue weighted by atomic mass is 35.5. The molecule has 2 N–H and O–H groups in total. The second kappa shape index (κ2) is 9.33. The summed E-state index contributed by atoms with van der Waals surface area (Å²) in [5.41, 5.74) is 2.58. The molecule has 0 fully saturated rings. The summed E-state index contributed by atoms with van der Waals surface area (Å²) in [7, 11) is 0. The number of benzene rings is 1. The minimum Gasteiger partial charge on any atom is -0.454 e. The molecule has 0 aliphatic heterocycles. The van der Waals surface area contributed by atoms with Crippen molar-refractivity contribution in [3.05, 3.63) is 82.3 Å². The highest BCUT2D eigenvalue weighted by Gasteiger charge is 2.21. The normalized spacial score (nSPS) is 10.9. The molecule has 0 aliphatic rings. The van der Waals surface area contributed by atoms with Gasteiger partial charge in [-0.3, -0.25) is 19.0 Å². The van der Waals surface area contributed by atoms with E-state index in [1.54, 1.807) is 39.8 Å². The van der Waals surface area contributed by atoms with E-state index in [1.807, 2.05) is 39.0 Å². The average molecular weight is 467 g/mol. The molecule has 0 atom stereocenters. The van der Waals surface area contributed by atoms with Crippen LogP contribution >= 0.6 is 11.6 Å². The zero-order chi connectivity index (χ0) is 23.5. The topological polar surface area (TPSA) is 107 Å². The van der Waals surface area contributed by atoms with E-state index in [2.05, 4.69) is 20.8 Å². The van der Waals surface area contributed by atoms with Gasteiger partial charge in [-0.2, -0.15) is 10.2 Å². The Kier molecular flexibility index (Phi) is 6.32. The summed E-state index contributed by atoms with van der Waals surface area (Å²) in [4.78, 5) is 25.6. The summed E-state index contributed by atoms with van der Waals surface area (Å²) in [5, 5.41) is 14.8. The first-order chi connectivity index (χ1) is 15.9. The maximum absolute atomic E-state index is 12.8. The number of furan rings is 1. The van der Waals surface area contributed by atoms with Crippen LogP contribution in [0.5, 0.6) is 0 Å². The van der Waals surface area contributed by atoms with Crippen LogP contribution in [0, 0.1) is 13.8 Å². The van der Waals surface area contributed by atoms with Gasteiger partial charge in [0.25, 0.3) is 11.8 Å². The number of nitrogens with zero attached hydrogens (tertiary/aromatic N) is 4. The Balaban J connectivity index is 1.50. The van der Waals surface area contributed by atoms with Crippen LogP contribution in [0.1, 0.15) is 45.1 Å². The van der Waals surface area contributed by atoms with E-state index in [0.29, 0.717) is 35.2 Å². The van der Waals surface area contributed by atoms with Gasteiger partial charge < -0.3 is 15.1 Å². The zero-order valence-corrected chi connectivity index (χ0v) is 19.2. The smallest absolute Gasteiger partial charge is 0.291 e. The van der Waals surface area contributed by atoms with Crippen LogP contribution in [0.4, 0.5) is 11.4 Å². The standard InChI is InChI=1S/C23H23ClN6O3/c1-4-29-13-18(21(28-29)23(32)25-16-8-6-5-7-9-16)26-22(31)19-11-10-17(33-19)12-30-15(3)20(24)14(2)27-30/h5-11,13H,4,12H2,1-3H3,(H,25,32)(H,26,31). The van der Waals surface area contributed by atoms with Crippen LogP contribution in [0.2, 0.25) is 5.02 Å². The van der Waals surface area contributed by atoms with E-state index in [-0.39, 0.29) is 11.5 Å². The average Bonchev–Trinajstić information content (AvgIpc) is 3.50. The largest absolute Gasteiger partial charge is 0.454 e. The number of hydrogen-bond donors (Lipinski definition) is 2. The number of carbonyl (C=O) groups is 2. The Morgan fingerprint density at radius 2 is 1.79 bits per heavy atom. The summed E-state index contributed by atoms with van der Waals surface area (Å²) in [6.07, 6.45) is 1.61. The molecule has 170 valence electrons. The third kappa shape index (κ3) is 4.83. The number of anilines is 2. The quantitative estimate of drug-likeness (QED) is 0.416. The highest BCUT2D eigenvalue weighted by Crippen LogP contribution is 2.22. The van der Waals surface area contributed by atoms with E-state index in [9.17, 15) is 9.59 Å². The van der Waals surface area contributed by atoms with Crippen LogP contribution < -0.4 is 10.6 Å². The maximum atomic E-state index is 12.8. The van der Waals surface area contributed by atoms with Crippen molar-refractivity contribution >= 4 is 34.8 Å². The molecule has 10 heteroatoms. The molecule has 1 aromatic carbocycles. The first-order valence-electron chi connectivity index (χ1n) is 10.4. The molecule has 0 bridgehead atoms. The van der Waals surface area contributed by atoms with Gasteiger partial charge in [-0.15, -0.1) is 0 Å². The number of rotatable bonds is 7. The molecule has 0 saturated carbocycles. The summed E-state index contributed by atoms with van der Waals surface area (Å²) in [6.45, 7) is 6.46. The minimum atomic E-state index is -0.489. The lowest BCUT2D eigenvalue weighted by molar-refractivity contribution is 0.0994. The Bertz CT molecular complexity index is 1310. The number of aromatic nitrogens is 4. The van der Waals surface area contributed by atoms with Gasteiger partial charge in [-0.25, -0.2) is 0 Å². The highest BCUT2D eigenvalue weighted by molar-refractivity contribution is 6.31. The summed E-state index contributed by atoms with van der Waals surface area (Å²) in [5.74, 6) is -0.257. The number of hydrogen-bond acceptors (Lipinski definition) is 5. The van der Waals surface area contributed by atoms with Crippen molar-refractivity contribution in [1.29, 1.82) is 0 Å². The van der Waals surface area contributed by atoms with E-state index < -0.39 is 11.8 Å². The molecular formula is C23H23ClN6O3. The Morgan fingerprint density at radius 1 is 1.03 bits per heavy atom. The fourth-order valence-corrected chi connectivity index (χ4v) is 3.44. The fourth-order valence-electron chi connectivity index (χ4n) is 3.30. The number of carbonyl (C=O) groups excluding carboxylic acids is 2. The van der Waals surface area contributed by atoms with Crippen molar-refractivity contribution in [3.63, 3.8) is 0 Å². The second-order valence-corrected chi connectivity index (χ2v) is 7.81. The minimum absolute atomic E-state index is 0.108. The fraction of sp³-hybridized carbons (Fsp3) is 0.217. The Labute approximate surface area is 195 Å². The first kappa shape index (κ1) is 22.3. The zero-order valence-electron chi connectivity index (χ0n) is 18.4. The number of nitrogens with one attached hydrogen (secondary N) is 2. The van der Waals surface area contributed by atoms with Gasteiger partial charge in [0.1, 0.15) is 5.76 Å². The third-order valence-electron chi connectivity index (χ3n) is 5.06. The molecule has 0 radical (unpaired) electrons. The predicted octanol–water partition coefficient (Wildman–Crippen LogP) is 4.52. The van der Waals surface area contributed by atoms with E-state index >= 15 is 0 Å². The van der Waals surface area contributed by atoms with Crippen molar-refractivity contribution in [3.8, 4) is 0 Å². The molecule has 33 heavy (non-hydrogen) atoms. The SMILES string of the molecule is CCn1cc(NC(=O)c2ccc(Cn3nc(C)c(Cl)c3C)o2)c(C(=O)Nc2ccccc2)n1. The van der Waals surface area contributed by atoms with Crippen LogP contribution in [-0.4, -0.2) is 31.4 Å². The monoisotopic (exact) mass is 466 g/mol. The second-order valence-electron chi connectivity index (χ2n) is 7.43. The lowest BCUT2D eigenvalue weighted by atomic mass is 10.3. The molecule has 0 spiro atoms. The van der Waals surface area contributed by atoms with Crippen molar-refractivity contribution in [2.75, 3.05) is 10.6 Å². The van der Waals surface area contributed by atoms with Crippen LogP contribution in [0.3, 0.4) is 0 Å². The molecule has 3 heterocycles. The molecule has 0 aliphatic carbocycles. The van der Waals surface area contributed by atoms with Gasteiger partial charge in [0.2, 0.25) is 0 Å².